The van der Waals surface area contributed by atoms with Crippen LogP contribution in [-0.4, -0.2) is 12.1 Å². The number of carbonyl (C=O) groups is 1. The van der Waals surface area contributed by atoms with Gasteiger partial charge >= 0.3 is 5.97 Å². The number of fused-ring (bicyclic) bond motifs is 1. The van der Waals surface area contributed by atoms with Crippen LogP contribution in [0.2, 0.25) is 0 Å². The molecule has 0 saturated carbocycles. The van der Waals surface area contributed by atoms with Gasteiger partial charge in [0.05, 0.1) is 5.56 Å². The van der Waals surface area contributed by atoms with Crippen molar-refractivity contribution < 1.29 is 9.53 Å². The number of esters is 1. The number of hydrogen-bond acceptors (Lipinski definition) is 2. The molecule has 2 nitrogen and oxygen atoms in total. The maximum Gasteiger partial charge on any atom is 0.338 e. The Bertz CT molecular complexity index is 344. The highest BCUT2D eigenvalue weighted by Gasteiger charge is 2.24. The van der Waals surface area contributed by atoms with Crippen molar-refractivity contribution in [2.45, 2.75) is 32.3 Å². The Hall–Kier alpha value is -1.31. The summed E-state index contributed by atoms with van der Waals surface area (Å²) in [6.07, 6.45) is 2.97. The van der Waals surface area contributed by atoms with Crippen LogP contribution in [0.15, 0.2) is 24.3 Å². The fraction of sp³-hybridized carbons (Fsp3) is 0.417. The molecule has 0 aliphatic carbocycles. The lowest BCUT2D eigenvalue weighted by molar-refractivity contribution is 0.0236. The van der Waals surface area contributed by atoms with E-state index in [9.17, 15) is 4.79 Å². The molecule has 1 aromatic rings. The summed E-state index contributed by atoms with van der Waals surface area (Å²) in [6, 6.07) is 7.69. The first-order valence-electron chi connectivity index (χ1n) is 5.10. The summed E-state index contributed by atoms with van der Waals surface area (Å²) in [5, 5.41) is 0. The highest BCUT2D eigenvalue weighted by molar-refractivity contribution is 5.92. The molecule has 0 fully saturated rings. The van der Waals surface area contributed by atoms with Crippen molar-refractivity contribution in [3.05, 3.63) is 35.4 Å². The highest BCUT2D eigenvalue weighted by atomic mass is 16.5. The van der Waals surface area contributed by atoms with Crippen molar-refractivity contribution >= 4 is 5.97 Å². The van der Waals surface area contributed by atoms with Crippen molar-refractivity contribution in [1.82, 2.24) is 0 Å². The molecule has 1 aliphatic heterocycles. The number of rotatable bonds is 2. The predicted molar refractivity (Wildman–Crippen MR) is 54.3 cm³/mol. The monoisotopic (exact) mass is 190 g/mol. The smallest absolute Gasteiger partial charge is 0.338 e. The van der Waals surface area contributed by atoms with Gasteiger partial charge in [0, 0.05) is 6.42 Å². The minimum atomic E-state index is -0.162. The number of ether oxygens (including phenoxy) is 1. The normalized spacial score (nSPS) is 20.1. The first-order valence-corrected chi connectivity index (χ1v) is 5.10. The predicted octanol–water partition coefficient (Wildman–Crippen LogP) is 2.57. The van der Waals surface area contributed by atoms with E-state index in [2.05, 4.69) is 6.92 Å². The topological polar surface area (TPSA) is 26.3 Å². The summed E-state index contributed by atoms with van der Waals surface area (Å²) in [4.78, 5) is 11.5. The summed E-state index contributed by atoms with van der Waals surface area (Å²) in [6.45, 7) is 2.11. The minimum absolute atomic E-state index is 0.0856. The van der Waals surface area contributed by atoms with E-state index in [1.54, 1.807) is 0 Å². The largest absolute Gasteiger partial charge is 0.458 e. The fourth-order valence-electron chi connectivity index (χ4n) is 1.88. The van der Waals surface area contributed by atoms with Gasteiger partial charge in [-0.25, -0.2) is 4.79 Å². The summed E-state index contributed by atoms with van der Waals surface area (Å²) in [5.74, 6) is -0.162. The minimum Gasteiger partial charge on any atom is -0.458 e. The van der Waals surface area contributed by atoms with E-state index >= 15 is 0 Å². The van der Waals surface area contributed by atoms with Crippen LogP contribution in [-0.2, 0) is 11.2 Å². The molecular weight excluding hydrogens is 176 g/mol. The van der Waals surface area contributed by atoms with Crippen LogP contribution in [0.1, 0.15) is 35.7 Å². The number of carbonyl (C=O) groups excluding carboxylic acids is 1. The molecule has 14 heavy (non-hydrogen) atoms. The third-order valence-electron chi connectivity index (χ3n) is 2.57. The van der Waals surface area contributed by atoms with Crippen LogP contribution in [0.4, 0.5) is 0 Å². The van der Waals surface area contributed by atoms with Gasteiger partial charge in [-0.1, -0.05) is 31.5 Å². The van der Waals surface area contributed by atoms with Crippen molar-refractivity contribution in [3.63, 3.8) is 0 Å². The Morgan fingerprint density at radius 1 is 1.43 bits per heavy atom. The zero-order valence-electron chi connectivity index (χ0n) is 8.32. The van der Waals surface area contributed by atoms with Crippen molar-refractivity contribution in [1.29, 1.82) is 0 Å². The maximum absolute atomic E-state index is 11.5. The van der Waals surface area contributed by atoms with Gasteiger partial charge in [-0.15, -0.1) is 0 Å². The van der Waals surface area contributed by atoms with Gasteiger partial charge in [0.1, 0.15) is 6.10 Å². The van der Waals surface area contributed by atoms with Crippen molar-refractivity contribution in [3.8, 4) is 0 Å². The molecular formula is C12H14O2. The molecule has 1 aromatic carbocycles. The second-order valence-corrected chi connectivity index (χ2v) is 3.68. The number of hydrogen-bond donors (Lipinski definition) is 0. The Morgan fingerprint density at radius 2 is 2.21 bits per heavy atom. The molecule has 0 aromatic heterocycles. The standard InChI is InChI=1S/C12H14O2/c1-2-5-10-8-9-6-3-4-7-11(9)12(13)14-10/h3-4,6-7,10H,2,5,8H2,1H3/t10-/m1/s1. The van der Waals surface area contributed by atoms with Crippen molar-refractivity contribution in [2.24, 2.45) is 0 Å². The Morgan fingerprint density at radius 3 is 3.00 bits per heavy atom. The van der Waals surface area contributed by atoms with Gasteiger partial charge in [0.2, 0.25) is 0 Å². The third-order valence-corrected chi connectivity index (χ3v) is 2.57. The molecule has 0 amide bonds. The van der Waals surface area contributed by atoms with Crippen LogP contribution in [0.5, 0.6) is 0 Å². The molecule has 1 heterocycles. The molecule has 0 spiro atoms. The molecule has 0 unspecified atom stereocenters. The van der Waals surface area contributed by atoms with E-state index in [4.69, 9.17) is 4.74 Å². The molecule has 1 atom stereocenters. The van der Waals surface area contributed by atoms with Crippen LogP contribution in [0.3, 0.4) is 0 Å². The SMILES string of the molecule is CCC[C@@H]1Cc2ccccc2C(=O)O1. The summed E-state index contributed by atoms with van der Waals surface area (Å²) in [7, 11) is 0. The molecule has 0 radical (unpaired) electrons. The lowest BCUT2D eigenvalue weighted by Gasteiger charge is -2.24. The van der Waals surface area contributed by atoms with E-state index < -0.39 is 0 Å². The van der Waals surface area contributed by atoms with Gasteiger partial charge in [-0.05, 0) is 18.1 Å². The maximum atomic E-state index is 11.5. The second-order valence-electron chi connectivity index (χ2n) is 3.68. The van der Waals surface area contributed by atoms with Gasteiger partial charge in [0.15, 0.2) is 0 Å². The zero-order valence-corrected chi connectivity index (χ0v) is 8.32. The second kappa shape index (κ2) is 3.82. The zero-order chi connectivity index (χ0) is 9.97. The third kappa shape index (κ3) is 1.65. The molecule has 0 N–H and O–H groups in total. The number of benzene rings is 1. The average molecular weight is 190 g/mol. The Balaban J connectivity index is 2.24. The fourth-order valence-corrected chi connectivity index (χ4v) is 1.88. The Labute approximate surface area is 83.9 Å². The van der Waals surface area contributed by atoms with Gasteiger partial charge in [0.25, 0.3) is 0 Å². The lowest BCUT2D eigenvalue weighted by Crippen LogP contribution is -2.27. The number of cyclic esters (lactones) is 1. The molecule has 2 heteroatoms. The van der Waals surface area contributed by atoms with E-state index in [0.717, 1.165) is 30.4 Å². The quantitative estimate of drug-likeness (QED) is 0.670. The molecule has 0 saturated heterocycles. The van der Waals surface area contributed by atoms with E-state index in [0.29, 0.717) is 0 Å². The van der Waals surface area contributed by atoms with Crippen LogP contribution in [0, 0.1) is 0 Å². The highest BCUT2D eigenvalue weighted by Crippen LogP contribution is 2.22. The van der Waals surface area contributed by atoms with Gasteiger partial charge in [-0.2, -0.15) is 0 Å². The van der Waals surface area contributed by atoms with Crippen molar-refractivity contribution in [2.75, 3.05) is 0 Å². The van der Waals surface area contributed by atoms with Gasteiger partial charge in [-0.3, -0.25) is 0 Å². The molecule has 2 rings (SSSR count). The lowest BCUT2D eigenvalue weighted by atomic mass is 9.97. The molecule has 74 valence electrons. The molecule has 1 aliphatic rings. The van der Waals surface area contributed by atoms with Crippen LogP contribution in [0.25, 0.3) is 0 Å². The Kier molecular flexibility index (Phi) is 2.53. The van der Waals surface area contributed by atoms with Gasteiger partial charge < -0.3 is 4.74 Å². The average Bonchev–Trinajstić information content (AvgIpc) is 2.18. The summed E-state index contributed by atoms with van der Waals surface area (Å²) < 4.78 is 5.31. The van der Waals surface area contributed by atoms with E-state index in [1.807, 2.05) is 24.3 Å². The van der Waals surface area contributed by atoms with Crippen LogP contribution >= 0.6 is 0 Å². The first-order chi connectivity index (χ1) is 6.81. The summed E-state index contributed by atoms with van der Waals surface area (Å²) in [5.41, 5.74) is 1.86. The van der Waals surface area contributed by atoms with Crippen LogP contribution < -0.4 is 0 Å². The first kappa shape index (κ1) is 9.25. The van der Waals surface area contributed by atoms with E-state index in [1.165, 1.54) is 0 Å². The van der Waals surface area contributed by atoms with E-state index in [-0.39, 0.29) is 12.1 Å². The molecule has 0 bridgehead atoms. The summed E-state index contributed by atoms with van der Waals surface area (Å²) >= 11 is 0.